The second kappa shape index (κ2) is 82.5. The summed E-state index contributed by atoms with van der Waals surface area (Å²) in [7, 11) is 0. The summed E-state index contributed by atoms with van der Waals surface area (Å²) in [6.45, 7) is 11.1. The first-order valence-corrected chi connectivity index (χ1v) is 45.2. The predicted molar refractivity (Wildman–Crippen MR) is 437 cm³/mol. The minimum absolute atomic E-state index is 0.0828. The molecule has 0 radical (unpaired) electrons. The molecule has 0 saturated carbocycles. The number of unbranched alkanes of at least 4 members (excludes halogenated alkanes) is 60. The summed E-state index contributed by atoms with van der Waals surface area (Å²) in [6, 6.07) is 0. The monoisotopic (exact) mass is 1420 g/mol. The number of carbonyl (C=O) groups is 4. The molecule has 8 heteroatoms. The van der Waals surface area contributed by atoms with Gasteiger partial charge in [-0.1, -0.05) is 398 Å². The van der Waals surface area contributed by atoms with Crippen LogP contribution in [0.2, 0.25) is 0 Å². The molecule has 0 aliphatic heterocycles. The molecule has 0 spiro atoms. The van der Waals surface area contributed by atoms with Gasteiger partial charge in [-0.25, -0.2) is 0 Å². The first-order valence-electron chi connectivity index (χ1n) is 45.2. The summed E-state index contributed by atoms with van der Waals surface area (Å²) in [5, 5.41) is 0. The van der Waals surface area contributed by atoms with E-state index in [-0.39, 0.29) is 32.1 Å². The molecule has 0 rings (SSSR count). The predicted octanol–water partition coefficient (Wildman–Crippen LogP) is 31.4. The van der Waals surface area contributed by atoms with Crippen molar-refractivity contribution in [3.63, 3.8) is 0 Å². The minimum atomic E-state index is -2.50. The van der Waals surface area contributed by atoms with Crippen molar-refractivity contribution in [2.24, 2.45) is 0 Å². The van der Waals surface area contributed by atoms with Gasteiger partial charge in [-0.15, -0.1) is 0 Å². The first kappa shape index (κ1) is 97.8. The van der Waals surface area contributed by atoms with E-state index in [9.17, 15) is 19.2 Å². The Bertz CT molecular complexity index is 1700. The highest BCUT2D eigenvalue weighted by atomic mass is 16.9. The molecule has 0 fully saturated rings. The molecule has 0 N–H and O–H groups in total. The third-order valence-electron chi connectivity index (χ3n) is 20.6. The molecule has 8 nitrogen and oxygen atoms in total. The summed E-state index contributed by atoms with van der Waals surface area (Å²) in [4.78, 5) is 56.5. The van der Waals surface area contributed by atoms with Gasteiger partial charge in [0.25, 0.3) is 0 Å². The molecule has 1 atom stereocenters. The van der Waals surface area contributed by atoms with E-state index in [2.05, 4.69) is 76.3 Å². The smallest absolute Gasteiger partial charge is 0.449 e. The lowest BCUT2D eigenvalue weighted by Crippen LogP contribution is -2.55. The zero-order chi connectivity index (χ0) is 73.2. The second-order valence-electron chi connectivity index (χ2n) is 30.8. The molecule has 0 amide bonds. The third-order valence-corrected chi connectivity index (χ3v) is 20.6. The maximum atomic E-state index is 14.2. The van der Waals surface area contributed by atoms with Gasteiger partial charge in [0.15, 0.2) is 0 Å². The summed E-state index contributed by atoms with van der Waals surface area (Å²) in [6.07, 6.45) is 101. The first-order chi connectivity index (χ1) is 49.8. The van der Waals surface area contributed by atoms with Gasteiger partial charge in [0, 0.05) is 25.7 Å². The highest BCUT2D eigenvalue weighted by Gasteiger charge is 2.53. The highest BCUT2D eigenvalue weighted by Crippen LogP contribution is 2.32. The lowest BCUT2D eigenvalue weighted by Gasteiger charge is -2.36. The number of esters is 4. The molecule has 0 aromatic rings. The van der Waals surface area contributed by atoms with Crippen LogP contribution in [0.25, 0.3) is 0 Å². The van der Waals surface area contributed by atoms with Crippen LogP contribution in [0.3, 0.4) is 0 Å². The van der Waals surface area contributed by atoms with Gasteiger partial charge in [0.05, 0.1) is 0 Å². The standard InChI is InChI=1S/C93H172O8/c1-6-11-15-19-23-27-31-35-39-43-47-51-55-59-63-67-71-75-79-84-89(94)98-88(83-10-5)93(99-90(95)85-80-76-72-68-64-60-56-52-48-44-40-36-32-28-24-20-16-12-7-2,100-91(96)86-81-77-73-69-65-61-57-53-49-45-41-37-33-29-25-21-17-13-8-3)101-92(97)87-82-78-74-70-66-62-58-54-50-46-42-38-34-30-26-22-18-14-9-4/h35-42,88H,6-34,43-87H2,1-5H3/b39-35-,40-36-,41-37-,42-38-. The molecule has 0 aromatic carbocycles. The molecule has 0 aromatic heterocycles. The Morgan fingerprint density at radius 2 is 0.366 bits per heavy atom. The highest BCUT2D eigenvalue weighted by molar-refractivity contribution is 5.74. The van der Waals surface area contributed by atoms with Gasteiger partial charge in [0.2, 0.25) is 6.10 Å². The summed E-state index contributed by atoms with van der Waals surface area (Å²) >= 11 is 0. The van der Waals surface area contributed by atoms with E-state index in [0.717, 1.165) is 77.0 Å². The van der Waals surface area contributed by atoms with Gasteiger partial charge >= 0.3 is 29.9 Å². The zero-order valence-corrected chi connectivity index (χ0v) is 68.3. The van der Waals surface area contributed by atoms with E-state index < -0.39 is 36.0 Å². The Labute approximate surface area is 629 Å². The number of carbonyl (C=O) groups excluding carboxylic acids is 4. The van der Waals surface area contributed by atoms with Gasteiger partial charge in [-0.05, 0) is 135 Å². The molecule has 0 heterocycles. The van der Waals surface area contributed by atoms with Crippen LogP contribution in [0, 0.1) is 0 Å². The van der Waals surface area contributed by atoms with Gasteiger partial charge < -0.3 is 18.9 Å². The number of rotatable bonds is 83. The van der Waals surface area contributed by atoms with Crippen LogP contribution in [0.4, 0.5) is 0 Å². The van der Waals surface area contributed by atoms with Crippen LogP contribution in [0.15, 0.2) is 48.6 Å². The molecular formula is C93H172O8. The zero-order valence-electron chi connectivity index (χ0n) is 68.3. The van der Waals surface area contributed by atoms with Crippen molar-refractivity contribution in [3.05, 3.63) is 48.6 Å². The Kier molecular flexibility index (Phi) is 79.9. The summed E-state index contributed by atoms with van der Waals surface area (Å²) < 4.78 is 25.0. The molecule has 0 saturated heterocycles. The fourth-order valence-electron chi connectivity index (χ4n) is 13.9. The lowest BCUT2D eigenvalue weighted by molar-refractivity contribution is -0.365. The van der Waals surface area contributed by atoms with E-state index in [0.29, 0.717) is 32.1 Å². The minimum Gasteiger partial charge on any atom is -0.449 e. The largest absolute Gasteiger partial charge is 0.463 e. The van der Waals surface area contributed by atoms with E-state index in [1.54, 1.807) is 0 Å². The SMILES string of the molecule is CCCCCCCC/C=C\CCCCCCCCCCCC(=O)OC(CCC)C(OC(=O)CCCCCCCCCCC/C=C\CCCCCCCC)(OC(=O)CCCCCCCCCCC/C=C\CCCCCCCC)OC(=O)CCCCCCCCCCC/C=C\CCCCCCCC. The number of ether oxygens (including phenoxy) is 4. The van der Waals surface area contributed by atoms with Crippen molar-refractivity contribution >= 4 is 23.9 Å². The van der Waals surface area contributed by atoms with Gasteiger partial charge in [-0.2, -0.15) is 0 Å². The Morgan fingerprint density at radius 1 is 0.208 bits per heavy atom. The van der Waals surface area contributed by atoms with Crippen molar-refractivity contribution in [3.8, 4) is 0 Å². The van der Waals surface area contributed by atoms with E-state index in [1.165, 1.54) is 334 Å². The van der Waals surface area contributed by atoms with Crippen LogP contribution >= 0.6 is 0 Å². The van der Waals surface area contributed by atoms with E-state index in [4.69, 9.17) is 18.9 Å². The number of allylic oxidation sites excluding steroid dienone is 8. The van der Waals surface area contributed by atoms with Crippen LogP contribution in [0.5, 0.6) is 0 Å². The second-order valence-corrected chi connectivity index (χ2v) is 30.8. The average Bonchev–Trinajstić information content (AvgIpc) is 0.802. The summed E-state index contributed by atoms with van der Waals surface area (Å²) in [5.41, 5.74) is 0. The molecule has 0 aliphatic rings. The van der Waals surface area contributed by atoms with Crippen LogP contribution in [-0.2, 0) is 38.1 Å². The lowest BCUT2D eigenvalue weighted by atomic mass is 10.1. The molecule has 1 unspecified atom stereocenters. The van der Waals surface area contributed by atoms with Crippen molar-refractivity contribution in [2.75, 3.05) is 0 Å². The fourth-order valence-corrected chi connectivity index (χ4v) is 13.9. The molecular weight excluding hydrogens is 1250 g/mol. The molecule has 0 aliphatic carbocycles. The van der Waals surface area contributed by atoms with Gasteiger partial charge in [0.1, 0.15) is 0 Å². The van der Waals surface area contributed by atoms with Gasteiger partial charge in [-0.3, -0.25) is 19.2 Å². The Balaban J connectivity index is 5.77. The van der Waals surface area contributed by atoms with Crippen molar-refractivity contribution in [2.45, 2.75) is 522 Å². The van der Waals surface area contributed by atoms with Crippen molar-refractivity contribution in [1.29, 1.82) is 0 Å². The number of hydrogen-bond acceptors (Lipinski definition) is 8. The molecule has 101 heavy (non-hydrogen) atoms. The van der Waals surface area contributed by atoms with Crippen molar-refractivity contribution < 1.29 is 38.1 Å². The topological polar surface area (TPSA) is 105 Å². The van der Waals surface area contributed by atoms with Crippen LogP contribution in [-0.4, -0.2) is 36.0 Å². The normalized spacial score (nSPS) is 12.3. The fraction of sp³-hybridized carbons (Fsp3) is 0.871. The van der Waals surface area contributed by atoms with Crippen LogP contribution < -0.4 is 0 Å². The molecule has 592 valence electrons. The molecule has 0 bridgehead atoms. The quantitative estimate of drug-likeness (QED) is 0.0257. The average molecular weight is 1420 g/mol. The Hall–Kier alpha value is -3.16. The Morgan fingerprint density at radius 3 is 0.545 bits per heavy atom. The third kappa shape index (κ3) is 73.5. The number of hydrogen-bond donors (Lipinski definition) is 0. The maximum absolute atomic E-state index is 14.2. The van der Waals surface area contributed by atoms with Crippen LogP contribution in [0.1, 0.15) is 510 Å². The van der Waals surface area contributed by atoms with Crippen molar-refractivity contribution in [1.82, 2.24) is 0 Å². The maximum Gasteiger partial charge on any atom is 0.463 e. The summed E-state index contributed by atoms with van der Waals surface area (Å²) in [5.74, 6) is -4.80. The van der Waals surface area contributed by atoms with E-state index >= 15 is 0 Å². The van der Waals surface area contributed by atoms with E-state index in [1.807, 2.05) is 6.92 Å².